The lowest BCUT2D eigenvalue weighted by molar-refractivity contribution is 0.417. The summed E-state index contributed by atoms with van der Waals surface area (Å²) in [6.07, 6.45) is 0. The van der Waals surface area contributed by atoms with Crippen LogP contribution in [-0.2, 0) is 0 Å². The number of nitrogens with one attached hydrogen (secondary N) is 2. The van der Waals surface area contributed by atoms with Gasteiger partial charge in [0.1, 0.15) is 11.6 Å². The summed E-state index contributed by atoms with van der Waals surface area (Å²) >= 11 is 0. The molecule has 3 rings (SSSR count). The minimum Gasteiger partial charge on any atom is -0.495 e. The Hall–Kier alpha value is -2.82. The van der Waals surface area contributed by atoms with Crippen molar-refractivity contribution >= 4 is 28.4 Å². The maximum Gasteiger partial charge on any atom is 0.229 e. The van der Waals surface area contributed by atoms with Gasteiger partial charge in [-0.15, -0.1) is 0 Å². The van der Waals surface area contributed by atoms with E-state index < -0.39 is 0 Å². The van der Waals surface area contributed by atoms with Crippen molar-refractivity contribution in [1.82, 2.24) is 9.97 Å². The van der Waals surface area contributed by atoms with Crippen molar-refractivity contribution < 1.29 is 4.74 Å². The predicted octanol–water partition coefficient (Wildman–Crippen LogP) is 3.42. The number of para-hydroxylation sites is 3. The van der Waals surface area contributed by atoms with E-state index in [0.717, 1.165) is 28.2 Å². The van der Waals surface area contributed by atoms with Crippen LogP contribution in [0.25, 0.3) is 10.9 Å². The molecule has 0 fully saturated rings. The summed E-state index contributed by atoms with van der Waals surface area (Å²) in [5, 5.41) is 7.30. The molecule has 0 radical (unpaired) electrons. The number of nitrogens with zero attached hydrogens (tertiary/aromatic N) is 2. The molecule has 0 aliphatic heterocycles. The first-order valence-corrected chi connectivity index (χ1v) is 6.66. The maximum atomic E-state index is 5.33. The molecule has 2 aromatic carbocycles. The quantitative estimate of drug-likeness (QED) is 0.766. The standard InChI is InChI=1S/C16H16N4O/c1-17-15-11-7-3-4-8-12(11)18-16(20-15)19-13-9-5-6-10-14(13)21-2/h3-10H,1-2H3,(H2,17,18,19,20). The molecular weight excluding hydrogens is 264 g/mol. The first kappa shape index (κ1) is 13.2. The zero-order valence-electron chi connectivity index (χ0n) is 11.9. The van der Waals surface area contributed by atoms with Crippen LogP contribution in [0.5, 0.6) is 5.75 Å². The van der Waals surface area contributed by atoms with E-state index in [1.165, 1.54) is 0 Å². The number of fused-ring (bicyclic) bond motifs is 1. The molecule has 0 bridgehead atoms. The van der Waals surface area contributed by atoms with Gasteiger partial charge >= 0.3 is 0 Å². The van der Waals surface area contributed by atoms with E-state index in [-0.39, 0.29) is 0 Å². The number of hydrogen-bond donors (Lipinski definition) is 2. The van der Waals surface area contributed by atoms with Crippen LogP contribution in [0.2, 0.25) is 0 Å². The minimum atomic E-state index is 0.530. The monoisotopic (exact) mass is 280 g/mol. The van der Waals surface area contributed by atoms with Gasteiger partial charge in [0.2, 0.25) is 5.95 Å². The zero-order valence-corrected chi connectivity index (χ0v) is 11.9. The normalized spacial score (nSPS) is 10.4. The molecule has 2 N–H and O–H groups in total. The average Bonchev–Trinajstić information content (AvgIpc) is 2.54. The van der Waals surface area contributed by atoms with Crippen LogP contribution in [0.1, 0.15) is 0 Å². The predicted molar refractivity (Wildman–Crippen MR) is 85.4 cm³/mol. The highest BCUT2D eigenvalue weighted by molar-refractivity contribution is 5.90. The number of benzene rings is 2. The highest BCUT2D eigenvalue weighted by Crippen LogP contribution is 2.27. The second-order valence-electron chi connectivity index (χ2n) is 4.49. The van der Waals surface area contributed by atoms with Gasteiger partial charge in [0.25, 0.3) is 0 Å². The number of aromatic nitrogens is 2. The topological polar surface area (TPSA) is 59.1 Å². The third kappa shape index (κ3) is 2.58. The van der Waals surface area contributed by atoms with Crippen LogP contribution >= 0.6 is 0 Å². The molecule has 0 aliphatic rings. The van der Waals surface area contributed by atoms with E-state index in [9.17, 15) is 0 Å². The van der Waals surface area contributed by atoms with Gasteiger partial charge in [-0.25, -0.2) is 4.98 Å². The Balaban J connectivity index is 2.05. The van der Waals surface area contributed by atoms with Crippen molar-refractivity contribution in [2.45, 2.75) is 0 Å². The lowest BCUT2D eigenvalue weighted by Crippen LogP contribution is -2.02. The summed E-state index contributed by atoms with van der Waals surface area (Å²) in [4.78, 5) is 9.04. The Kier molecular flexibility index (Phi) is 3.55. The van der Waals surface area contributed by atoms with Crippen molar-refractivity contribution in [1.29, 1.82) is 0 Å². The van der Waals surface area contributed by atoms with Crippen molar-refractivity contribution in [3.8, 4) is 5.75 Å². The second kappa shape index (κ2) is 5.66. The van der Waals surface area contributed by atoms with Gasteiger partial charge in [-0.3, -0.25) is 0 Å². The Morgan fingerprint density at radius 1 is 0.952 bits per heavy atom. The number of rotatable bonds is 4. The van der Waals surface area contributed by atoms with Gasteiger partial charge in [-0.2, -0.15) is 4.98 Å². The van der Waals surface area contributed by atoms with Crippen LogP contribution in [0.15, 0.2) is 48.5 Å². The van der Waals surface area contributed by atoms with Crippen LogP contribution in [0, 0.1) is 0 Å². The van der Waals surface area contributed by atoms with Crippen molar-refractivity contribution in [2.24, 2.45) is 0 Å². The summed E-state index contributed by atoms with van der Waals surface area (Å²) < 4.78 is 5.33. The fraction of sp³-hybridized carbons (Fsp3) is 0.125. The Labute approximate surface area is 123 Å². The number of ether oxygens (including phenoxy) is 1. The third-order valence-electron chi connectivity index (χ3n) is 3.19. The molecule has 106 valence electrons. The molecule has 5 heteroatoms. The summed E-state index contributed by atoms with van der Waals surface area (Å²) in [5.74, 6) is 2.07. The SMILES string of the molecule is CNc1nc(Nc2ccccc2OC)nc2ccccc12. The molecule has 0 spiro atoms. The number of hydrogen-bond acceptors (Lipinski definition) is 5. The van der Waals surface area contributed by atoms with E-state index in [2.05, 4.69) is 20.6 Å². The third-order valence-corrected chi connectivity index (χ3v) is 3.19. The van der Waals surface area contributed by atoms with Gasteiger partial charge in [0.05, 0.1) is 18.3 Å². The summed E-state index contributed by atoms with van der Waals surface area (Å²) in [7, 11) is 3.49. The molecule has 3 aromatic rings. The van der Waals surface area contributed by atoms with E-state index in [1.54, 1.807) is 7.11 Å². The van der Waals surface area contributed by atoms with Crippen LogP contribution in [0.3, 0.4) is 0 Å². The molecule has 0 saturated carbocycles. The molecule has 0 atom stereocenters. The molecule has 1 aromatic heterocycles. The van der Waals surface area contributed by atoms with Gasteiger partial charge in [-0.1, -0.05) is 24.3 Å². The minimum absolute atomic E-state index is 0.530. The van der Waals surface area contributed by atoms with Gasteiger partial charge in [-0.05, 0) is 24.3 Å². The fourth-order valence-electron chi connectivity index (χ4n) is 2.19. The zero-order chi connectivity index (χ0) is 14.7. The Morgan fingerprint density at radius 3 is 2.52 bits per heavy atom. The van der Waals surface area contributed by atoms with E-state index in [0.29, 0.717) is 5.95 Å². The molecule has 0 aliphatic carbocycles. The molecule has 1 heterocycles. The maximum absolute atomic E-state index is 5.33. The van der Waals surface area contributed by atoms with Crippen molar-refractivity contribution in [2.75, 3.05) is 24.8 Å². The van der Waals surface area contributed by atoms with E-state index in [4.69, 9.17) is 4.74 Å². The largest absolute Gasteiger partial charge is 0.495 e. The van der Waals surface area contributed by atoms with Crippen LogP contribution in [-0.4, -0.2) is 24.1 Å². The molecule has 21 heavy (non-hydrogen) atoms. The molecule has 0 saturated heterocycles. The van der Waals surface area contributed by atoms with Gasteiger partial charge in [0.15, 0.2) is 0 Å². The second-order valence-corrected chi connectivity index (χ2v) is 4.49. The molecule has 0 amide bonds. The van der Waals surface area contributed by atoms with E-state index >= 15 is 0 Å². The summed E-state index contributed by atoms with van der Waals surface area (Å²) in [6.45, 7) is 0. The lowest BCUT2D eigenvalue weighted by atomic mass is 10.2. The van der Waals surface area contributed by atoms with Gasteiger partial charge < -0.3 is 15.4 Å². The highest BCUT2D eigenvalue weighted by Gasteiger charge is 2.08. The first-order valence-electron chi connectivity index (χ1n) is 6.66. The Bertz CT molecular complexity index is 773. The first-order chi connectivity index (χ1) is 10.3. The smallest absolute Gasteiger partial charge is 0.229 e. The fourth-order valence-corrected chi connectivity index (χ4v) is 2.19. The lowest BCUT2D eigenvalue weighted by Gasteiger charge is -2.12. The summed E-state index contributed by atoms with van der Waals surface area (Å²) in [5.41, 5.74) is 1.71. The Morgan fingerprint density at radius 2 is 1.71 bits per heavy atom. The summed E-state index contributed by atoms with van der Waals surface area (Å²) in [6, 6.07) is 15.6. The average molecular weight is 280 g/mol. The van der Waals surface area contributed by atoms with Crippen molar-refractivity contribution in [3.05, 3.63) is 48.5 Å². The number of methoxy groups -OCH3 is 1. The molecule has 5 nitrogen and oxygen atoms in total. The van der Waals surface area contributed by atoms with Crippen molar-refractivity contribution in [3.63, 3.8) is 0 Å². The van der Waals surface area contributed by atoms with Gasteiger partial charge in [0, 0.05) is 12.4 Å². The van der Waals surface area contributed by atoms with Crippen LogP contribution < -0.4 is 15.4 Å². The number of anilines is 3. The highest BCUT2D eigenvalue weighted by atomic mass is 16.5. The van der Waals surface area contributed by atoms with Crippen LogP contribution in [0.4, 0.5) is 17.5 Å². The molecule has 0 unspecified atom stereocenters. The van der Waals surface area contributed by atoms with E-state index in [1.807, 2.05) is 55.6 Å². The molecular formula is C16H16N4O.